The molecule has 7 N–H and O–H groups in total. The quantitative estimate of drug-likeness (QED) is 0.228. The van der Waals surface area contributed by atoms with Crippen molar-refractivity contribution in [3.05, 3.63) is 0 Å². The van der Waals surface area contributed by atoms with Crippen molar-refractivity contribution in [2.45, 2.75) is 68.3 Å². The number of amides is 1. The van der Waals surface area contributed by atoms with Crippen LogP contribution in [0.3, 0.4) is 0 Å². The van der Waals surface area contributed by atoms with E-state index in [1.54, 1.807) is 0 Å². The van der Waals surface area contributed by atoms with Gasteiger partial charge in [-0.2, -0.15) is 0 Å². The molecule has 2 fully saturated rings. The molecule has 2 saturated heterocycles. The van der Waals surface area contributed by atoms with Crippen LogP contribution in [0.15, 0.2) is 0 Å². The molecule has 2 aliphatic rings. The monoisotopic (exact) mass is 397 g/mol. The first-order valence-corrected chi connectivity index (χ1v) is 8.44. The molecule has 0 unspecified atom stereocenters. The molecule has 27 heavy (non-hydrogen) atoms. The maximum absolute atomic E-state index is 11.4. The molecule has 0 aromatic heterocycles. The van der Waals surface area contributed by atoms with E-state index in [9.17, 15) is 35.4 Å². The largest absolute Gasteiger partial charge is 0.394 e. The summed E-state index contributed by atoms with van der Waals surface area (Å²) in [6.45, 7) is 0.222. The summed E-state index contributed by atoms with van der Waals surface area (Å²) in [6, 6.07) is -1.16. The molecule has 0 saturated carbocycles. The first-order valence-electron chi connectivity index (χ1n) is 8.44. The zero-order valence-electron chi connectivity index (χ0n) is 14.9. The van der Waals surface area contributed by atoms with E-state index < -0.39 is 73.9 Å². The number of nitrogens with one attached hydrogen (secondary N) is 1. The van der Waals surface area contributed by atoms with Gasteiger partial charge in [0.25, 0.3) is 0 Å². The van der Waals surface area contributed by atoms with Crippen LogP contribution in [0.1, 0.15) is 6.92 Å². The molecule has 0 aromatic carbocycles. The minimum Gasteiger partial charge on any atom is -0.394 e. The second kappa shape index (κ2) is 9.52. The van der Waals surface area contributed by atoms with Gasteiger partial charge in [-0.25, -0.2) is 0 Å². The van der Waals surface area contributed by atoms with E-state index >= 15 is 0 Å². The lowest BCUT2D eigenvalue weighted by Crippen LogP contribution is -2.65. The zero-order valence-corrected chi connectivity index (χ0v) is 14.9. The van der Waals surface area contributed by atoms with Gasteiger partial charge in [-0.05, 0) is 0 Å². The Morgan fingerprint density at radius 1 is 0.926 bits per heavy atom. The topological polar surface area (TPSA) is 187 Å². The second-order valence-corrected chi connectivity index (χ2v) is 6.52. The van der Waals surface area contributed by atoms with Gasteiger partial charge in [-0.1, -0.05) is 0 Å². The third-order valence-electron chi connectivity index (χ3n) is 4.58. The summed E-state index contributed by atoms with van der Waals surface area (Å²) >= 11 is 0. The molecule has 0 spiro atoms. The van der Waals surface area contributed by atoms with Gasteiger partial charge in [0.05, 0.1) is 13.2 Å². The summed E-state index contributed by atoms with van der Waals surface area (Å²) < 4.78 is 21.1. The molecule has 2 aliphatic heterocycles. The van der Waals surface area contributed by atoms with Gasteiger partial charge in [0.15, 0.2) is 12.6 Å². The fourth-order valence-electron chi connectivity index (χ4n) is 3.05. The van der Waals surface area contributed by atoms with E-state index in [0.29, 0.717) is 0 Å². The Kier molecular flexibility index (Phi) is 7.88. The van der Waals surface area contributed by atoms with Crippen molar-refractivity contribution in [2.75, 3.05) is 20.3 Å². The summed E-state index contributed by atoms with van der Waals surface area (Å²) in [5, 5.41) is 61.5. The Hall–Kier alpha value is -0.930. The van der Waals surface area contributed by atoms with Crippen LogP contribution in [0.2, 0.25) is 0 Å². The highest BCUT2D eigenvalue weighted by molar-refractivity contribution is 5.73. The average molecular weight is 397 g/mol. The van der Waals surface area contributed by atoms with Gasteiger partial charge in [0.1, 0.15) is 48.8 Å². The molecular weight excluding hydrogens is 370 g/mol. The summed E-state index contributed by atoms with van der Waals surface area (Å²) in [5.74, 6) is -0.516. The number of hydrogen-bond acceptors (Lipinski definition) is 11. The molecule has 12 nitrogen and oxygen atoms in total. The molecule has 0 aromatic rings. The number of aliphatic hydroxyl groups excluding tert-OH is 6. The smallest absolute Gasteiger partial charge is 0.217 e. The molecule has 158 valence electrons. The van der Waals surface area contributed by atoms with E-state index in [-0.39, 0.29) is 6.61 Å². The molecule has 1 amide bonds. The van der Waals surface area contributed by atoms with Gasteiger partial charge in [0.2, 0.25) is 5.91 Å². The van der Waals surface area contributed by atoms with Crippen LogP contribution in [-0.4, -0.2) is 118 Å². The Labute approximate surface area is 155 Å². The standard InChI is InChI=1S/C15H27NO11/c1-5(18)16-8-11(21)9(19)6(3-17)26-14(8)25-4-7-10(20)12(22)13(23)15(24-2)27-7/h6-15,17,19-23H,3-4H2,1-2H3,(H,16,18)/t6-,7-,8-,9-,10-,11-,12+,13-,14-,15+/m1/s1. The highest BCUT2D eigenvalue weighted by Crippen LogP contribution is 2.25. The van der Waals surface area contributed by atoms with Crippen molar-refractivity contribution in [2.24, 2.45) is 0 Å². The van der Waals surface area contributed by atoms with Gasteiger partial charge >= 0.3 is 0 Å². The van der Waals surface area contributed by atoms with Crippen molar-refractivity contribution < 1.29 is 54.4 Å². The predicted molar refractivity (Wildman–Crippen MR) is 85.0 cm³/mol. The van der Waals surface area contributed by atoms with Crippen LogP contribution in [0.4, 0.5) is 0 Å². The van der Waals surface area contributed by atoms with E-state index in [1.165, 1.54) is 14.0 Å². The van der Waals surface area contributed by atoms with Gasteiger partial charge < -0.3 is 54.9 Å². The molecule has 0 bridgehead atoms. The molecule has 2 heterocycles. The number of ether oxygens (including phenoxy) is 4. The summed E-state index contributed by atoms with van der Waals surface area (Å²) in [5.41, 5.74) is 0. The Morgan fingerprint density at radius 2 is 1.52 bits per heavy atom. The second-order valence-electron chi connectivity index (χ2n) is 6.52. The van der Waals surface area contributed by atoms with Crippen LogP contribution in [0, 0.1) is 0 Å². The Morgan fingerprint density at radius 3 is 2.07 bits per heavy atom. The third-order valence-corrected chi connectivity index (χ3v) is 4.58. The molecule has 10 atom stereocenters. The number of rotatable bonds is 6. The number of carbonyl (C=O) groups is 1. The SMILES string of the molecule is CO[C@H]1O[C@H](CO[C@@H]2O[C@H](CO)[C@@H](O)[C@H](O)[C@H]2NC(C)=O)[C@@H](O)[C@H](O)[C@H]1O. The van der Waals surface area contributed by atoms with E-state index in [1.807, 2.05) is 0 Å². The first-order chi connectivity index (χ1) is 12.7. The summed E-state index contributed by atoms with van der Waals surface area (Å²) in [7, 11) is 1.25. The zero-order chi connectivity index (χ0) is 20.3. The van der Waals surface area contributed by atoms with Crippen molar-refractivity contribution in [3.63, 3.8) is 0 Å². The summed E-state index contributed by atoms with van der Waals surface area (Å²) in [4.78, 5) is 11.4. The van der Waals surface area contributed by atoms with Crippen LogP contribution in [-0.2, 0) is 23.7 Å². The minimum atomic E-state index is -1.55. The van der Waals surface area contributed by atoms with Gasteiger partial charge in [-0.15, -0.1) is 0 Å². The number of aliphatic hydroxyl groups is 6. The first kappa shape index (κ1) is 22.4. The lowest BCUT2D eigenvalue weighted by molar-refractivity contribution is -0.316. The normalized spacial score (nSPS) is 45.5. The van der Waals surface area contributed by atoms with Crippen molar-refractivity contribution >= 4 is 5.91 Å². The van der Waals surface area contributed by atoms with E-state index in [0.717, 1.165) is 0 Å². The third kappa shape index (κ3) is 4.92. The fraction of sp³-hybridized carbons (Fsp3) is 0.933. The number of hydrogen-bond donors (Lipinski definition) is 7. The maximum atomic E-state index is 11.4. The van der Waals surface area contributed by atoms with Crippen molar-refractivity contribution in [1.82, 2.24) is 5.32 Å². The van der Waals surface area contributed by atoms with E-state index in [4.69, 9.17) is 18.9 Å². The van der Waals surface area contributed by atoms with Crippen LogP contribution in [0.5, 0.6) is 0 Å². The minimum absolute atomic E-state index is 0.369. The lowest BCUT2D eigenvalue weighted by atomic mass is 9.96. The van der Waals surface area contributed by atoms with Crippen LogP contribution < -0.4 is 5.32 Å². The number of methoxy groups -OCH3 is 1. The lowest BCUT2D eigenvalue weighted by Gasteiger charge is -2.44. The Balaban J connectivity index is 2.07. The van der Waals surface area contributed by atoms with Crippen molar-refractivity contribution in [3.8, 4) is 0 Å². The molecule has 0 radical (unpaired) electrons. The fourth-order valence-corrected chi connectivity index (χ4v) is 3.05. The average Bonchev–Trinajstić information content (AvgIpc) is 2.64. The van der Waals surface area contributed by atoms with Gasteiger partial charge in [-0.3, -0.25) is 4.79 Å². The van der Waals surface area contributed by atoms with Crippen LogP contribution in [0.25, 0.3) is 0 Å². The predicted octanol–water partition coefficient (Wildman–Crippen LogP) is -4.60. The molecule has 12 heteroatoms. The molecule has 2 rings (SSSR count). The maximum Gasteiger partial charge on any atom is 0.217 e. The van der Waals surface area contributed by atoms with Crippen LogP contribution >= 0.6 is 0 Å². The molecular formula is C15H27NO11. The van der Waals surface area contributed by atoms with Crippen molar-refractivity contribution in [1.29, 1.82) is 0 Å². The van der Waals surface area contributed by atoms with Gasteiger partial charge in [0, 0.05) is 14.0 Å². The number of carbonyl (C=O) groups excluding carboxylic acids is 1. The summed E-state index contributed by atoms with van der Waals surface area (Å²) in [6.07, 6.45) is -12.2. The highest BCUT2D eigenvalue weighted by atomic mass is 16.7. The van der Waals surface area contributed by atoms with E-state index in [2.05, 4.69) is 5.32 Å². The Bertz CT molecular complexity index is 492. The molecule has 0 aliphatic carbocycles. The highest BCUT2D eigenvalue weighted by Gasteiger charge is 2.47.